The van der Waals surface area contributed by atoms with Crippen molar-refractivity contribution in [3.8, 4) is 5.75 Å². The fourth-order valence-corrected chi connectivity index (χ4v) is 2.93. The number of amides is 1. The number of nitro groups is 1. The Bertz CT molecular complexity index is 557. The lowest BCUT2D eigenvalue weighted by Gasteiger charge is -2.21. The SMILES string of the molecule is O=C(COc1ccc(Cl)cc1[N+](=O)[O-])NC1CCCCCCC1. The third-order valence-corrected chi connectivity index (χ3v) is 4.18. The fourth-order valence-electron chi connectivity index (χ4n) is 2.77. The second-order valence-electron chi connectivity index (χ2n) is 5.77. The van der Waals surface area contributed by atoms with Crippen molar-refractivity contribution in [2.45, 2.75) is 51.0 Å². The molecule has 1 N–H and O–H groups in total. The Hall–Kier alpha value is -1.82. The van der Waals surface area contributed by atoms with Gasteiger partial charge in [0.25, 0.3) is 5.91 Å². The van der Waals surface area contributed by atoms with E-state index in [-0.39, 0.29) is 35.0 Å². The van der Waals surface area contributed by atoms with Crippen LogP contribution in [0.25, 0.3) is 0 Å². The van der Waals surface area contributed by atoms with Crippen molar-refractivity contribution in [3.63, 3.8) is 0 Å². The Morgan fingerprint density at radius 3 is 2.57 bits per heavy atom. The summed E-state index contributed by atoms with van der Waals surface area (Å²) < 4.78 is 5.30. The molecule has 0 aromatic heterocycles. The lowest BCUT2D eigenvalue weighted by atomic mass is 9.97. The van der Waals surface area contributed by atoms with Gasteiger partial charge in [-0.3, -0.25) is 14.9 Å². The number of rotatable bonds is 5. The van der Waals surface area contributed by atoms with Gasteiger partial charge in [-0.15, -0.1) is 0 Å². The van der Waals surface area contributed by atoms with Crippen LogP contribution in [0.1, 0.15) is 44.9 Å². The summed E-state index contributed by atoms with van der Waals surface area (Å²) in [5, 5.41) is 14.2. The predicted octanol–water partition coefficient (Wildman–Crippen LogP) is 3.86. The molecule has 0 unspecified atom stereocenters. The number of nitrogens with zero attached hydrogens (tertiary/aromatic N) is 1. The van der Waals surface area contributed by atoms with E-state index < -0.39 is 4.92 Å². The number of carbonyl (C=O) groups excluding carboxylic acids is 1. The topological polar surface area (TPSA) is 81.5 Å². The lowest BCUT2D eigenvalue weighted by Crippen LogP contribution is -2.38. The average molecular weight is 341 g/mol. The highest BCUT2D eigenvalue weighted by Gasteiger charge is 2.18. The zero-order valence-corrected chi connectivity index (χ0v) is 13.7. The molecule has 1 aromatic rings. The zero-order chi connectivity index (χ0) is 16.7. The highest BCUT2D eigenvalue weighted by molar-refractivity contribution is 6.30. The van der Waals surface area contributed by atoms with Crippen molar-refractivity contribution < 1.29 is 14.5 Å². The maximum atomic E-state index is 12.0. The van der Waals surface area contributed by atoms with E-state index in [0.717, 1.165) is 25.7 Å². The molecule has 1 saturated carbocycles. The van der Waals surface area contributed by atoms with Gasteiger partial charge in [-0.05, 0) is 25.0 Å². The first-order valence-electron chi connectivity index (χ1n) is 7.92. The quantitative estimate of drug-likeness (QED) is 0.652. The normalized spacial score (nSPS) is 16.2. The number of ether oxygens (including phenoxy) is 1. The first-order valence-corrected chi connectivity index (χ1v) is 8.30. The van der Waals surface area contributed by atoms with Crippen LogP contribution in [-0.4, -0.2) is 23.5 Å². The van der Waals surface area contributed by atoms with Gasteiger partial charge in [-0.2, -0.15) is 0 Å². The Kier molecular flexibility index (Phi) is 6.65. The van der Waals surface area contributed by atoms with Crippen LogP contribution >= 0.6 is 11.6 Å². The number of halogens is 1. The summed E-state index contributed by atoms with van der Waals surface area (Å²) in [5.41, 5.74) is -0.240. The van der Waals surface area contributed by atoms with E-state index in [9.17, 15) is 14.9 Å². The Morgan fingerprint density at radius 1 is 1.26 bits per heavy atom. The van der Waals surface area contributed by atoms with Crippen molar-refractivity contribution in [2.24, 2.45) is 0 Å². The van der Waals surface area contributed by atoms with Crippen molar-refractivity contribution in [1.82, 2.24) is 5.32 Å². The maximum absolute atomic E-state index is 12.0. The van der Waals surface area contributed by atoms with E-state index in [1.165, 1.54) is 37.5 Å². The van der Waals surface area contributed by atoms with Gasteiger partial charge in [0.2, 0.25) is 0 Å². The second kappa shape index (κ2) is 8.72. The minimum Gasteiger partial charge on any atom is -0.477 e. The highest BCUT2D eigenvalue weighted by Crippen LogP contribution is 2.29. The number of hydrogen-bond acceptors (Lipinski definition) is 4. The standard InChI is InChI=1S/C16H21ClN2O4/c17-12-8-9-15(14(10-12)19(21)22)23-11-16(20)18-13-6-4-2-1-3-5-7-13/h8-10,13H,1-7,11H2,(H,18,20). The van der Waals surface area contributed by atoms with Gasteiger partial charge in [-0.25, -0.2) is 0 Å². The minimum atomic E-state index is -0.575. The third kappa shape index (κ3) is 5.71. The number of carbonyl (C=O) groups is 1. The van der Waals surface area contributed by atoms with E-state index >= 15 is 0 Å². The van der Waals surface area contributed by atoms with Gasteiger partial charge in [0.15, 0.2) is 12.4 Å². The van der Waals surface area contributed by atoms with Gasteiger partial charge in [0, 0.05) is 17.1 Å². The van der Waals surface area contributed by atoms with Crippen LogP contribution in [0.15, 0.2) is 18.2 Å². The van der Waals surface area contributed by atoms with Crippen LogP contribution in [-0.2, 0) is 4.79 Å². The van der Waals surface area contributed by atoms with Crippen LogP contribution in [0.2, 0.25) is 5.02 Å². The molecule has 1 aliphatic rings. The van der Waals surface area contributed by atoms with E-state index in [4.69, 9.17) is 16.3 Å². The summed E-state index contributed by atoms with van der Waals surface area (Å²) >= 11 is 5.74. The molecule has 1 amide bonds. The van der Waals surface area contributed by atoms with Crippen molar-refractivity contribution in [1.29, 1.82) is 0 Å². The van der Waals surface area contributed by atoms with Crippen molar-refractivity contribution >= 4 is 23.2 Å². The number of nitro benzene ring substituents is 1. The number of benzene rings is 1. The maximum Gasteiger partial charge on any atom is 0.312 e. The molecular weight excluding hydrogens is 320 g/mol. The molecule has 0 radical (unpaired) electrons. The molecule has 2 rings (SSSR count). The Morgan fingerprint density at radius 2 is 1.91 bits per heavy atom. The van der Waals surface area contributed by atoms with Gasteiger partial charge in [-0.1, -0.05) is 43.7 Å². The van der Waals surface area contributed by atoms with Crippen LogP contribution in [0.3, 0.4) is 0 Å². The first kappa shape index (κ1) is 17.5. The summed E-state index contributed by atoms with van der Waals surface area (Å²) in [7, 11) is 0. The summed E-state index contributed by atoms with van der Waals surface area (Å²) in [6.07, 6.45) is 7.88. The lowest BCUT2D eigenvalue weighted by molar-refractivity contribution is -0.385. The predicted molar refractivity (Wildman–Crippen MR) is 87.9 cm³/mol. The molecule has 126 valence electrons. The highest BCUT2D eigenvalue weighted by atomic mass is 35.5. The molecule has 0 heterocycles. The average Bonchev–Trinajstić information content (AvgIpc) is 2.48. The number of nitrogens with one attached hydrogen (secondary N) is 1. The molecule has 0 atom stereocenters. The third-order valence-electron chi connectivity index (χ3n) is 3.95. The van der Waals surface area contributed by atoms with Gasteiger partial charge in [0.05, 0.1) is 4.92 Å². The Balaban J connectivity index is 1.87. The molecule has 1 aromatic carbocycles. The smallest absolute Gasteiger partial charge is 0.312 e. The molecule has 23 heavy (non-hydrogen) atoms. The molecular formula is C16H21ClN2O4. The Labute approximate surface area is 140 Å². The molecule has 0 bridgehead atoms. The van der Waals surface area contributed by atoms with E-state index in [1.807, 2.05) is 0 Å². The van der Waals surface area contributed by atoms with Crippen LogP contribution in [0.5, 0.6) is 5.75 Å². The summed E-state index contributed by atoms with van der Waals surface area (Å²) in [6, 6.07) is 4.29. The molecule has 0 spiro atoms. The van der Waals surface area contributed by atoms with Crippen LogP contribution in [0, 0.1) is 10.1 Å². The number of hydrogen-bond donors (Lipinski definition) is 1. The van der Waals surface area contributed by atoms with Gasteiger partial charge in [0.1, 0.15) is 0 Å². The molecule has 0 aliphatic heterocycles. The zero-order valence-electron chi connectivity index (χ0n) is 12.9. The first-order chi connectivity index (χ1) is 11.1. The summed E-state index contributed by atoms with van der Waals surface area (Å²) in [4.78, 5) is 22.4. The van der Waals surface area contributed by atoms with Gasteiger partial charge < -0.3 is 10.1 Å². The van der Waals surface area contributed by atoms with Gasteiger partial charge >= 0.3 is 5.69 Å². The molecule has 1 fully saturated rings. The monoisotopic (exact) mass is 340 g/mol. The molecule has 1 aliphatic carbocycles. The van der Waals surface area contributed by atoms with Crippen LogP contribution < -0.4 is 10.1 Å². The molecule has 0 saturated heterocycles. The molecule has 6 nitrogen and oxygen atoms in total. The van der Waals surface area contributed by atoms with E-state index in [0.29, 0.717) is 0 Å². The largest absolute Gasteiger partial charge is 0.477 e. The van der Waals surface area contributed by atoms with Crippen molar-refractivity contribution in [3.05, 3.63) is 33.3 Å². The van der Waals surface area contributed by atoms with E-state index in [2.05, 4.69) is 5.32 Å². The molecule has 7 heteroatoms. The minimum absolute atomic E-state index is 0.0483. The fraction of sp³-hybridized carbons (Fsp3) is 0.562. The van der Waals surface area contributed by atoms with Crippen LogP contribution in [0.4, 0.5) is 5.69 Å². The van der Waals surface area contributed by atoms with E-state index in [1.54, 1.807) is 0 Å². The summed E-state index contributed by atoms with van der Waals surface area (Å²) in [6.45, 7) is -0.237. The van der Waals surface area contributed by atoms with Crippen molar-refractivity contribution in [2.75, 3.05) is 6.61 Å². The second-order valence-corrected chi connectivity index (χ2v) is 6.20. The summed E-state index contributed by atoms with van der Waals surface area (Å²) in [5.74, 6) is -0.202.